The first-order valence-corrected chi connectivity index (χ1v) is 3.44. The molecule has 0 N–H and O–H groups in total. The molecule has 0 spiro atoms. The summed E-state index contributed by atoms with van der Waals surface area (Å²) in [5.74, 6) is 0. The molecule has 3 nitrogen and oxygen atoms in total. The molecule has 0 bridgehead atoms. The van der Waals surface area contributed by atoms with E-state index in [1.165, 1.54) is 23.7 Å². The van der Waals surface area contributed by atoms with Crippen LogP contribution in [0.25, 0.3) is 0 Å². The number of allylic oxidation sites excluding steroid dienone is 2. The Labute approximate surface area is 81.0 Å². The monoisotopic (exact) mass is 206 g/mol. The Bertz CT molecular complexity index is 110. The molecule has 0 amide bonds. The van der Waals surface area contributed by atoms with Crippen LogP contribution in [0.3, 0.4) is 0 Å². The quantitative estimate of drug-likeness (QED) is 0.539. The van der Waals surface area contributed by atoms with Gasteiger partial charge >= 0.3 is 45.8 Å². The molecule has 1 aliphatic carbocycles. The Morgan fingerprint density at radius 1 is 1.08 bits per heavy atom. The van der Waals surface area contributed by atoms with E-state index in [-0.39, 0.29) is 0 Å². The Morgan fingerprint density at radius 2 is 1.50 bits per heavy atom. The molecule has 0 atom stereocenters. The van der Waals surface area contributed by atoms with Crippen LogP contribution in [-0.4, -0.2) is 20.4 Å². The minimum absolute atomic E-state index is 1.26. The first kappa shape index (κ1) is 17.4. The molecule has 6 radical (unpaired) electrons. The van der Waals surface area contributed by atoms with Gasteiger partial charge in [-0.15, -0.1) is 0 Å². The zero-order valence-corrected chi connectivity index (χ0v) is 7.48. The normalized spacial score (nSPS) is 11.6. The van der Waals surface area contributed by atoms with E-state index >= 15 is 0 Å². The summed E-state index contributed by atoms with van der Waals surface area (Å²) in [5.41, 5.74) is 0. The SMILES string of the molecule is [C]=O.[C]=O.[C]=O.[Mn][C]1=CCCC1. The topological polar surface area (TPSA) is 51.2 Å². The van der Waals surface area contributed by atoms with E-state index in [4.69, 9.17) is 14.4 Å². The Hall–Kier alpha value is -0.731. The second kappa shape index (κ2) is 22.4. The molecule has 1 aliphatic rings. The number of carbonyl (C=O) groups excluding carboxylic acids is 3. The first-order valence-electron chi connectivity index (χ1n) is 2.85. The fourth-order valence-corrected chi connectivity index (χ4v) is 1.01. The standard InChI is InChI=1S/C5H7.3CO.Mn/c1-2-4-5-3-1;3*1-2;/h1H,2,4-5H2;;;;. The molecule has 0 aromatic carbocycles. The maximum atomic E-state index is 7.50. The van der Waals surface area contributed by atoms with Crippen LogP contribution in [0.4, 0.5) is 0 Å². The van der Waals surface area contributed by atoms with Crippen molar-refractivity contribution < 1.29 is 30.4 Å². The van der Waals surface area contributed by atoms with Gasteiger partial charge in [-0.1, -0.05) is 0 Å². The molecule has 1 rings (SSSR count). The maximum absolute atomic E-state index is 7.50. The summed E-state index contributed by atoms with van der Waals surface area (Å²) in [6.45, 7) is 13.5. The van der Waals surface area contributed by atoms with E-state index in [1.54, 1.807) is 0 Å². The number of hydrogen-bond donors (Lipinski definition) is 0. The fourth-order valence-electron chi connectivity index (χ4n) is 0.632. The molecule has 0 aromatic heterocycles. The second-order valence-corrected chi connectivity index (χ2v) is 2.30. The molecule has 64 valence electrons. The van der Waals surface area contributed by atoms with E-state index < -0.39 is 0 Å². The summed E-state index contributed by atoms with van der Waals surface area (Å²) < 4.78 is 1.39. The third-order valence-corrected chi connectivity index (χ3v) is 1.52. The van der Waals surface area contributed by atoms with Crippen molar-refractivity contribution in [3.8, 4) is 0 Å². The van der Waals surface area contributed by atoms with Gasteiger partial charge in [0, 0.05) is 0 Å². The second-order valence-electron chi connectivity index (χ2n) is 1.54. The molecule has 0 aliphatic heterocycles. The van der Waals surface area contributed by atoms with Crippen LogP contribution in [0.5, 0.6) is 0 Å². The first-order chi connectivity index (χ1) is 5.89. The van der Waals surface area contributed by atoms with E-state index in [9.17, 15) is 0 Å². The molecule has 4 heteroatoms. The van der Waals surface area contributed by atoms with Crippen molar-refractivity contribution in [3.05, 3.63) is 10.5 Å². The van der Waals surface area contributed by atoms with Crippen LogP contribution in [0, 0.1) is 0 Å². The van der Waals surface area contributed by atoms with Crippen molar-refractivity contribution in [2.24, 2.45) is 0 Å². The molecular formula is C8H7MnO3. The molecule has 12 heavy (non-hydrogen) atoms. The van der Waals surface area contributed by atoms with Crippen LogP contribution in [0.2, 0.25) is 0 Å². The summed E-state index contributed by atoms with van der Waals surface area (Å²) in [6, 6.07) is 0. The molecule has 0 saturated heterocycles. The number of rotatable bonds is 0. The van der Waals surface area contributed by atoms with Crippen molar-refractivity contribution in [1.82, 2.24) is 0 Å². The summed E-state index contributed by atoms with van der Waals surface area (Å²) in [7, 11) is 0. The van der Waals surface area contributed by atoms with E-state index in [2.05, 4.69) is 42.5 Å². The van der Waals surface area contributed by atoms with Crippen molar-refractivity contribution in [2.45, 2.75) is 19.3 Å². The molecule has 0 saturated carbocycles. The summed E-state index contributed by atoms with van der Waals surface area (Å²) in [5, 5.41) is 0. The summed E-state index contributed by atoms with van der Waals surface area (Å²) in [4.78, 5) is 22.5. The fraction of sp³-hybridized carbons (Fsp3) is 0.375. The Balaban J connectivity index is -0.000000117. The average Bonchev–Trinajstić information content (AvgIpc) is 2.66. The number of hydrogen-bond acceptors (Lipinski definition) is 3. The Kier molecular flexibility index (Phi) is 32.5. The van der Waals surface area contributed by atoms with Gasteiger partial charge in [0.15, 0.2) is 0 Å². The molecule has 0 aromatic rings. The molecule has 0 heterocycles. The third kappa shape index (κ3) is 16.1. The molecule has 0 fully saturated rings. The van der Waals surface area contributed by atoms with Crippen molar-refractivity contribution >= 4 is 20.4 Å². The zero-order valence-electron chi connectivity index (χ0n) is 6.30. The molecular weight excluding hydrogens is 199 g/mol. The van der Waals surface area contributed by atoms with Crippen molar-refractivity contribution in [2.75, 3.05) is 0 Å². The van der Waals surface area contributed by atoms with Gasteiger partial charge in [0.2, 0.25) is 0 Å². The van der Waals surface area contributed by atoms with Gasteiger partial charge < -0.3 is 0 Å². The van der Waals surface area contributed by atoms with E-state index in [1.807, 2.05) is 0 Å². The van der Waals surface area contributed by atoms with E-state index in [0.717, 1.165) is 0 Å². The van der Waals surface area contributed by atoms with Gasteiger partial charge in [-0.3, -0.25) is 14.4 Å². The summed E-state index contributed by atoms with van der Waals surface area (Å²) >= 11 is 3.40. The van der Waals surface area contributed by atoms with Crippen molar-refractivity contribution in [1.29, 1.82) is 0 Å². The van der Waals surface area contributed by atoms with Crippen LogP contribution in [0.15, 0.2) is 10.5 Å². The zero-order chi connectivity index (χ0) is 10.4. The molecule has 0 unspecified atom stereocenters. The average molecular weight is 206 g/mol. The minimum atomic E-state index is 1.26. The predicted molar refractivity (Wildman–Crippen MR) is 39.0 cm³/mol. The van der Waals surface area contributed by atoms with Gasteiger partial charge in [0.05, 0.1) is 0 Å². The van der Waals surface area contributed by atoms with Gasteiger partial charge in [0.25, 0.3) is 20.4 Å². The van der Waals surface area contributed by atoms with Gasteiger partial charge in [0.1, 0.15) is 0 Å². The van der Waals surface area contributed by atoms with Crippen LogP contribution >= 0.6 is 0 Å². The van der Waals surface area contributed by atoms with Gasteiger partial charge in [-0.25, -0.2) is 0 Å². The van der Waals surface area contributed by atoms with Crippen LogP contribution < -0.4 is 0 Å². The van der Waals surface area contributed by atoms with Crippen LogP contribution in [-0.2, 0) is 30.4 Å². The third-order valence-electron chi connectivity index (χ3n) is 0.986. The van der Waals surface area contributed by atoms with Gasteiger partial charge in [-0.05, 0) is 0 Å². The van der Waals surface area contributed by atoms with E-state index in [0.29, 0.717) is 0 Å². The van der Waals surface area contributed by atoms with Crippen molar-refractivity contribution in [3.63, 3.8) is 0 Å². The van der Waals surface area contributed by atoms with Gasteiger partial charge in [-0.2, -0.15) is 0 Å². The Morgan fingerprint density at radius 3 is 1.58 bits per heavy atom. The predicted octanol–water partition coefficient (Wildman–Crippen LogP) is 0.410. The summed E-state index contributed by atoms with van der Waals surface area (Å²) in [6.07, 6.45) is 6.13. The van der Waals surface area contributed by atoms with Crippen LogP contribution in [0.1, 0.15) is 19.3 Å².